The van der Waals surface area contributed by atoms with E-state index in [9.17, 15) is 9.59 Å². The van der Waals surface area contributed by atoms with Gasteiger partial charge in [-0.3, -0.25) is 9.59 Å². The van der Waals surface area contributed by atoms with Crippen LogP contribution >= 0.6 is 0 Å². The SMILES string of the molecule is CCCCC(C)NC(=O)C1=NNC(=O)CC1. The summed E-state index contributed by atoms with van der Waals surface area (Å²) in [5.41, 5.74) is 2.74. The summed E-state index contributed by atoms with van der Waals surface area (Å²) >= 11 is 0. The molecule has 1 aliphatic heterocycles. The first-order chi connectivity index (χ1) is 7.63. The van der Waals surface area contributed by atoms with E-state index in [-0.39, 0.29) is 17.9 Å². The highest BCUT2D eigenvalue weighted by atomic mass is 16.2. The third-order valence-corrected chi connectivity index (χ3v) is 2.53. The first-order valence-corrected chi connectivity index (χ1v) is 5.79. The van der Waals surface area contributed by atoms with E-state index in [1.54, 1.807) is 0 Å². The van der Waals surface area contributed by atoms with Crippen LogP contribution in [-0.2, 0) is 9.59 Å². The second kappa shape index (κ2) is 6.25. The van der Waals surface area contributed by atoms with Gasteiger partial charge in [-0.25, -0.2) is 5.43 Å². The fourth-order valence-corrected chi connectivity index (χ4v) is 1.53. The molecule has 2 amide bonds. The minimum Gasteiger partial charge on any atom is -0.348 e. The van der Waals surface area contributed by atoms with Crippen LogP contribution in [-0.4, -0.2) is 23.6 Å². The highest BCUT2D eigenvalue weighted by Gasteiger charge is 2.19. The normalized spacial score (nSPS) is 17.4. The van der Waals surface area contributed by atoms with Crippen molar-refractivity contribution in [1.29, 1.82) is 0 Å². The van der Waals surface area contributed by atoms with Gasteiger partial charge in [-0.1, -0.05) is 19.8 Å². The van der Waals surface area contributed by atoms with Gasteiger partial charge in [0.2, 0.25) is 5.91 Å². The minimum atomic E-state index is -0.163. The number of carbonyl (C=O) groups excluding carboxylic acids is 2. The molecular weight excluding hydrogens is 206 g/mol. The van der Waals surface area contributed by atoms with Crippen LogP contribution in [0.15, 0.2) is 5.10 Å². The summed E-state index contributed by atoms with van der Waals surface area (Å²) in [4.78, 5) is 22.5. The molecule has 5 heteroatoms. The molecule has 1 unspecified atom stereocenters. The molecule has 1 atom stereocenters. The summed E-state index contributed by atoms with van der Waals surface area (Å²) in [5.74, 6) is -0.292. The lowest BCUT2D eigenvalue weighted by Crippen LogP contribution is -2.40. The number of carbonyl (C=O) groups is 2. The molecule has 16 heavy (non-hydrogen) atoms. The number of nitrogens with one attached hydrogen (secondary N) is 2. The fourth-order valence-electron chi connectivity index (χ4n) is 1.53. The van der Waals surface area contributed by atoms with E-state index in [1.165, 1.54) is 0 Å². The molecule has 1 heterocycles. The zero-order chi connectivity index (χ0) is 12.0. The van der Waals surface area contributed by atoms with Crippen molar-refractivity contribution in [2.24, 2.45) is 5.10 Å². The molecule has 1 aliphatic rings. The maximum atomic E-state index is 11.7. The van der Waals surface area contributed by atoms with E-state index < -0.39 is 0 Å². The Balaban J connectivity index is 2.37. The number of hydrogen-bond acceptors (Lipinski definition) is 3. The standard InChI is InChI=1S/C11H19N3O2/c1-3-4-5-8(2)12-11(16)9-6-7-10(15)14-13-9/h8H,3-7H2,1-2H3,(H,12,16)(H,14,15). The van der Waals surface area contributed by atoms with Gasteiger partial charge in [0.15, 0.2) is 0 Å². The van der Waals surface area contributed by atoms with Gasteiger partial charge in [-0.05, 0) is 13.3 Å². The minimum absolute atomic E-state index is 0.129. The molecule has 90 valence electrons. The fraction of sp³-hybridized carbons (Fsp3) is 0.727. The monoisotopic (exact) mass is 225 g/mol. The van der Waals surface area contributed by atoms with Crippen molar-refractivity contribution in [2.45, 2.75) is 52.0 Å². The highest BCUT2D eigenvalue weighted by Crippen LogP contribution is 2.02. The van der Waals surface area contributed by atoms with Gasteiger partial charge in [0.05, 0.1) is 0 Å². The largest absolute Gasteiger partial charge is 0.348 e. The van der Waals surface area contributed by atoms with E-state index in [4.69, 9.17) is 0 Å². The van der Waals surface area contributed by atoms with Crippen molar-refractivity contribution in [3.8, 4) is 0 Å². The molecule has 0 fully saturated rings. The molecule has 5 nitrogen and oxygen atoms in total. The third kappa shape index (κ3) is 4.00. The van der Waals surface area contributed by atoms with Gasteiger partial charge in [0, 0.05) is 18.9 Å². The lowest BCUT2D eigenvalue weighted by Gasteiger charge is -2.16. The summed E-state index contributed by atoms with van der Waals surface area (Å²) in [7, 11) is 0. The Hall–Kier alpha value is -1.39. The second-order valence-electron chi connectivity index (χ2n) is 4.11. The molecular formula is C11H19N3O2. The summed E-state index contributed by atoms with van der Waals surface area (Å²) in [6, 6.07) is 0.160. The lowest BCUT2D eigenvalue weighted by molar-refractivity contribution is -0.121. The Bertz CT molecular complexity index is 300. The molecule has 0 radical (unpaired) electrons. The molecule has 0 saturated carbocycles. The van der Waals surface area contributed by atoms with Gasteiger partial charge in [0.1, 0.15) is 5.71 Å². The smallest absolute Gasteiger partial charge is 0.267 e. The van der Waals surface area contributed by atoms with Crippen LogP contribution in [0.4, 0.5) is 0 Å². The average molecular weight is 225 g/mol. The highest BCUT2D eigenvalue weighted by molar-refractivity contribution is 6.39. The molecule has 1 rings (SSSR count). The third-order valence-electron chi connectivity index (χ3n) is 2.53. The van der Waals surface area contributed by atoms with Gasteiger partial charge in [-0.15, -0.1) is 0 Å². The number of nitrogens with zero attached hydrogens (tertiary/aromatic N) is 1. The lowest BCUT2D eigenvalue weighted by atomic mass is 10.1. The molecule has 0 aromatic carbocycles. The molecule has 0 aromatic rings. The van der Waals surface area contributed by atoms with Gasteiger partial charge in [-0.2, -0.15) is 5.10 Å². The number of unbranched alkanes of at least 4 members (excludes halogenated alkanes) is 1. The predicted octanol–water partition coefficient (Wildman–Crippen LogP) is 0.947. The van der Waals surface area contributed by atoms with Crippen LogP contribution < -0.4 is 10.7 Å². The Morgan fingerprint density at radius 3 is 2.88 bits per heavy atom. The topological polar surface area (TPSA) is 70.6 Å². The van der Waals surface area contributed by atoms with Crippen LogP contribution in [0.3, 0.4) is 0 Å². The van der Waals surface area contributed by atoms with E-state index >= 15 is 0 Å². The Morgan fingerprint density at radius 2 is 2.31 bits per heavy atom. The Kier molecular flexibility index (Phi) is 4.95. The predicted molar refractivity (Wildman–Crippen MR) is 61.9 cm³/mol. The Labute approximate surface area is 95.7 Å². The van der Waals surface area contributed by atoms with Gasteiger partial charge < -0.3 is 5.32 Å². The van der Waals surface area contributed by atoms with Crippen molar-refractivity contribution < 1.29 is 9.59 Å². The molecule has 0 bridgehead atoms. The molecule has 0 spiro atoms. The average Bonchev–Trinajstić information content (AvgIpc) is 2.27. The van der Waals surface area contributed by atoms with Crippen LogP contribution in [0, 0.1) is 0 Å². The van der Waals surface area contributed by atoms with Crippen LogP contribution in [0.1, 0.15) is 46.0 Å². The number of amides is 2. The number of hydrazone groups is 1. The zero-order valence-corrected chi connectivity index (χ0v) is 9.88. The molecule has 0 saturated heterocycles. The van der Waals surface area contributed by atoms with Crippen LogP contribution in [0.25, 0.3) is 0 Å². The van der Waals surface area contributed by atoms with Gasteiger partial charge >= 0.3 is 0 Å². The number of rotatable bonds is 5. The molecule has 0 aliphatic carbocycles. The van der Waals surface area contributed by atoms with Crippen molar-refractivity contribution in [3.63, 3.8) is 0 Å². The van der Waals surface area contributed by atoms with Crippen molar-refractivity contribution in [2.75, 3.05) is 0 Å². The maximum Gasteiger partial charge on any atom is 0.267 e. The van der Waals surface area contributed by atoms with E-state index in [1.807, 2.05) is 6.92 Å². The summed E-state index contributed by atoms with van der Waals surface area (Å²) < 4.78 is 0. The quantitative estimate of drug-likeness (QED) is 0.731. The van der Waals surface area contributed by atoms with E-state index in [0.717, 1.165) is 19.3 Å². The van der Waals surface area contributed by atoms with Gasteiger partial charge in [0.25, 0.3) is 5.91 Å². The maximum absolute atomic E-state index is 11.7. The van der Waals surface area contributed by atoms with E-state index in [2.05, 4.69) is 22.8 Å². The first kappa shape index (κ1) is 12.7. The first-order valence-electron chi connectivity index (χ1n) is 5.79. The van der Waals surface area contributed by atoms with Crippen molar-refractivity contribution in [1.82, 2.24) is 10.7 Å². The molecule has 2 N–H and O–H groups in total. The molecule has 0 aromatic heterocycles. The summed E-state index contributed by atoms with van der Waals surface area (Å²) in [6.07, 6.45) is 3.97. The second-order valence-corrected chi connectivity index (χ2v) is 4.11. The Morgan fingerprint density at radius 1 is 1.56 bits per heavy atom. The van der Waals surface area contributed by atoms with Crippen molar-refractivity contribution in [3.05, 3.63) is 0 Å². The van der Waals surface area contributed by atoms with Crippen LogP contribution in [0.5, 0.6) is 0 Å². The van der Waals surface area contributed by atoms with Crippen molar-refractivity contribution >= 4 is 17.5 Å². The van der Waals surface area contributed by atoms with Crippen LogP contribution in [0.2, 0.25) is 0 Å². The zero-order valence-electron chi connectivity index (χ0n) is 9.88. The number of hydrogen-bond donors (Lipinski definition) is 2. The summed E-state index contributed by atoms with van der Waals surface area (Å²) in [6.45, 7) is 4.10. The van der Waals surface area contributed by atoms with E-state index in [0.29, 0.717) is 18.6 Å². The summed E-state index contributed by atoms with van der Waals surface area (Å²) in [5, 5.41) is 6.63.